The number of anilines is 1. The molecule has 0 spiro atoms. The summed E-state index contributed by atoms with van der Waals surface area (Å²) in [6.45, 7) is 2.92. The second-order valence-electron chi connectivity index (χ2n) is 7.69. The highest BCUT2D eigenvalue weighted by molar-refractivity contribution is 7.22. The molecular weight excluding hydrogens is 430 g/mol. The quantitative estimate of drug-likeness (QED) is 0.302. The molecule has 0 unspecified atom stereocenters. The zero-order valence-corrected chi connectivity index (χ0v) is 19.1. The lowest BCUT2D eigenvalue weighted by Gasteiger charge is -2.20. The highest BCUT2D eigenvalue weighted by Gasteiger charge is 2.22. The lowest BCUT2D eigenvalue weighted by Crippen LogP contribution is -2.31. The fraction of sp³-hybridized carbons (Fsp3) is 0.148. The van der Waals surface area contributed by atoms with E-state index in [0.717, 1.165) is 37.9 Å². The topological polar surface area (TPSA) is 55.3 Å². The Morgan fingerprint density at radius 1 is 1.00 bits per heavy atom. The first kappa shape index (κ1) is 21.1. The molecule has 6 heteroatoms. The molecule has 1 amide bonds. The van der Waals surface area contributed by atoms with Crippen molar-refractivity contribution in [3.8, 4) is 5.75 Å². The SMILES string of the molecule is CCOc1cccc2sc(N(Cc3cccnc3)C(=O)Cc3cccc4ccccc34)nc12. The first-order chi connectivity index (χ1) is 16.2. The van der Waals surface area contributed by atoms with Gasteiger partial charge in [0.05, 0.1) is 24.3 Å². The average molecular weight is 454 g/mol. The normalized spacial score (nSPS) is 11.1. The van der Waals surface area contributed by atoms with Crippen LogP contribution in [0.5, 0.6) is 5.75 Å². The van der Waals surface area contributed by atoms with Crippen molar-refractivity contribution >= 4 is 43.4 Å². The Balaban J connectivity index is 1.54. The van der Waals surface area contributed by atoms with Gasteiger partial charge in [0.1, 0.15) is 11.3 Å². The van der Waals surface area contributed by atoms with Crippen LogP contribution in [0.25, 0.3) is 21.0 Å². The Labute approximate surface area is 196 Å². The molecule has 0 fully saturated rings. The summed E-state index contributed by atoms with van der Waals surface area (Å²) in [4.78, 5) is 24.5. The van der Waals surface area contributed by atoms with Crippen LogP contribution in [0.4, 0.5) is 5.13 Å². The van der Waals surface area contributed by atoms with Crippen LogP contribution in [0.15, 0.2) is 85.2 Å². The molecule has 0 N–H and O–H groups in total. The summed E-state index contributed by atoms with van der Waals surface area (Å²) in [5.41, 5.74) is 2.74. The number of rotatable bonds is 7. The highest BCUT2D eigenvalue weighted by atomic mass is 32.1. The van der Waals surface area contributed by atoms with Gasteiger partial charge >= 0.3 is 0 Å². The van der Waals surface area contributed by atoms with Gasteiger partial charge in [0.15, 0.2) is 5.13 Å². The standard InChI is InChI=1S/C27H23N3O2S/c1-2-32-23-13-6-14-24-26(23)29-27(33-24)30(18-19-8-7-15-28-17-19)25(31)16-21-11-5-10-20-9-3-4-12-22(20)21/h3-15,17H,2,16,18H2,1H3. The second-order valence-corrected chi connectivity index (χ2v) is 8.70. The number of para-hydroxylation sites is 1. The summed E-state index contributed by atoms with van der Waals surface area (Å²) in [5, 5.41) is 2.88. The van der Waals surface area contributed by atoms with E-state index in [1.807, 2.05) is 61.5 Å². The number of thiazole rings is 1. The molecule has 5 aromatic rings. The van der Waals surface area contributed by atoms with E-state index in [0.29, 0.717) is 18.3 Å². The van der Waals surface area contributed by atoms with Crippen LogP contribution in [0.2, 0.25) is 0 Å². The molecule has 33 heavy (non-hydrogen) atoms. The van der Waals surface area contributed by atoms with Crippen LogP contribution in [0.3, 0.4) is 0 Å². The summed E-state index contributed by atoms with van der Waals surface area (Å²) in [6.07, 6.45) is 3.81. The number of hydrogen-bond donors (Lipinski definition) is 0. The zero-order valence-electron chi connectivity index (χ0n) is 18.3. The Hall–Kier alpha value is -3.77. The van der Waals surface area contributed by atoms with E-state index in [9.17, 15) is 4.79 Å². The molecule has 5 nitrogen and oxygen atoms in total. The number of fused-ring (bicyclic) bond motifs is 2. The van der Waals surface area contributed by atoms with Crippen LogP contribution in [-0.2, 0) is 17.8 Å². The first-order valence-corrected chi connectivity index (χ1v) is 11.7. The van der Waals surface area contributed by atoms with E-state index in [1.54, 1.807) is 17.3 Å². The van der Waals surface area contributed by atoms with Gasteiger partial charge in [-0.05, 0) is 47.0 Å². The molecule has 164 valence electrons. The van der Waals surface area contributed by atoms with E-state index in [2.05, 4.69) is 23.2 Å². The first-order valence-electron chi connectivity index (χ1n) is 10.9. The Morgan fingerprint density at radius 2 is 1.85 bits per heavy atom. The Morgan fingerprint density at radius 3 is 2.70 bits per heavy atom. The van der Waals surface area contributed by atoms with E-state index >= 15 is 0 Å². The molecule has 0 aliphatic rings. The van der Waals surface area contributed by atoms with Crippen LogP contribution in [0.1, 0.15) is 18.1 Å². The van der Waals surface area contributed by atoms with E-state index in [1.165, 1.54) is 11.3 Å². The van der Waals surface area contributed by atoms with Gasteiger partial charge in [-0.15, -0.1) is 0 Å². The number of benzene rings is 3. The van der Waals surface area contributed by atoms with Crippen LogP contribution in [-0.4, -0.2) is 22.5 Å². The minimum absolute atomic E-state index is 0.00720. The molecule has 0 radical (unpaired) electrons. The third-order valence-electron chi connectivity index (χ3n) is 5.49. The molecule has 2 aromatic heterocycles. The number of nitrogens with zero attached hydrogens (tertiary/aromatic N) is 3. The molecule has 0 aliphatic carbocycles. The monoisotopic (exact) mass is 453 g/mol. The van der Waals surface area contributed by atoms with Gasteiger partial charge < -0.3 is 4.74 Å². The van der Waals surface area contributed by atoms with E-state index in [4.69, 9.17) is 9.72 Å². The maximum absolute atomic E-state index is 13.7. The summed E-state index contributed by atoms with van der Waals surface area (Å²) in [7, 11) is 0. The minimum Gasteiger partial charge on any atom is -0.492 e. The highest BCUT2D eigenvalue weighted by Crippen LogP contribution is 2.35. The number of aromatic nitrogens is 2. The van der Waals surface area contributed by atoms with Crippen LogP contribution in [0, 0.1) is 0 Å². The zero-order chi connectivity index (χ0) is 22.6. The van der Waals surface area contributed by atoms with Crippen LogP contribution >= 0.6 is 11.3 Å². The molecule has 5 rings (SSSR count). The van der Waals surface area contributed by atoms with Gasteiger partial charge in [-0.2, -0.15) is 0 Å². The third kappa shape index (κ3) is 4.43. The number of pyridine rings is 1. The van der Waals surface area contributed by atoms with Gasteiger partial charge in [0.2, 0.25) is 5.91 Å². The molecule has 0 saturated carbocycles. The summed E-state index contributed by atoms with van der Waals surface area (Å²) in [5.74, 6) is 0.729. The molecule has 2 heterocycles. The van der Waals surface area contributed by atoms with Gasteiger partial charge in [0, 0.05) is 12.4 Å². The summed E-state index contributed by atoms with van der Waals surface area (Å²) >= 11 is 1.50. The molecule has 0 aliphatic heterocycles. The summed E-state index contributed by atoms with van der Waals surface area (Å²) < 4.78 is 6.76. The molecule has 3 aromatic carbocycles. The minimum atomic E-state index is -0.00720. The largest absolute Gasteiger partial charge is 0.492 e. The number of carbonyl (C=O) groups is 1. The average Bonchev–Trinajstić information content (AvgIpc) is 3.28. The van der Waals surface area contributed by atoms with Crippen molar-refractivity contribution < 1.29 is 9.53 Å². The third-order valence-corrected chi connectivity index (χ3v) is 6.53. The molecule has 0 atom stereocenters. The smallest absolute Gasteiger partial charge is 0.233 e. The maximum Gasteiger partial charge on any atom is 0.233 e. The van der Waals surface area contributed by atoms with Crippen molar-refractivity contribution in [2.75, 3.05) is 11.5 Å². The van der Waals surface area contributed by atoms with Gasteiger partial charge in [-0.1, -0.05) is 65.9 Å². The van der Waals surface area contributed by atoms with Gasteiger partial charge in [-0.25, -0.2) is 4.98 Å². The van der Waals surface area contributed by atoms with Gasteiger partial charge in [0.25, 0.3) is 0 Å². The fourth-order valence-electron chi connectivity index (χ4n) is 3.94. The van der Waals surface area contributed by atoms with E-state index < -0.39 is 0 Å². The van der Waals surface area contributed by atoms with Crippen molar-refractivity contribution in [2.45, 2.75) is 19.9 Å². The predicted octanol–water partition coefficient (Wildman–Crippen LogP) is 6.02. The lowest BCUT2D eigenvalue weighted by atomic mass is 10.0. The maximum atomic E-state index is 13.7. The fourth-order valence-corrected chi connectivity index (χ4v) is 4.94. The second kappa shape index (κ2) is 9.38. The number of amides is 1. The van der Waals surface area contributed by atoms with Crippen molar-refractivity contribution in [1.29, 1.82) is 0 Å². The summed E-state index contributed by atoms with van der Waals surface area (Å²) in [6, 6.07) is 24.0. The molecular formula is C27H23N3O2S. The molecule has 0 saturated heterocycles. The van der Waals surface area contributed by atoms with Crippen molar-refractivity contribution in [2.24, 2.45) is 0 Å². The molecule has 0 bridgehead atoms. The number of hydrogen-bond acceptors (Lipinski definition) is 5. The predicted molar refractivity (Wildman–Crippen MR) is 134 cm³/mol. The van der Waals surface area contributed by atoms with Crippen molar-refractivity contribution in [3.05, 3.63) is 96.3 Å². The van der Waals surface area contributed by atoms with Crippen molar-refractivity contribution in [1.82, 2.24) is 9.97 Å². The van der Waals surface area contributed by atoms with Crippen molar-refractivity contribution in [3.63, 3.8) is 0 Å². The van der Waals surface area contributed by atoms with Crippen LogP contribution < -0.4 is 9.64 Å². The van der Waals surface area contributed by atoms with Gasteiger partial charge in [-0.3, -0.25) is 14.7 Å². The number of carbonyl (C=O) groups excluding carboxylic acids is 1. The number of ether oxygens (including phenoxy) is 1. The van der Waals surface area contributed by atoms with E-state index in [-0.39, 0.29) is 12.3 Å². The Kier molecular flexibility index (Phi) is 6.00. The Bertz CT molecular complexity index is 1410. The lowest BCUT2D eigenvalue weighted by molar-refractivity contribution is -0.118.